The molecule has 0 aliphatic heterocycles. The number of carboxylic acids is 1. The highest BCUT2D eigenvalue weighted by Gasteiger charge is 2.12. The van der Waals surface area contributed by atoms with Crippen molar-refractivity contribution in [1.29, 1.82) is 0 Å². The third-order valence-electron chi connectivity index (χ3n) is 0.893. The van der Waals surface area contributed by atoms with Gasteiger partial charge in [-0.2, -0.15) is 0 Å². The molecular weight excluding hydrogens is 150 g/mol. The van der Waals surface area contributed by atoms with Crippen LogP contribution in [0.3, 0.4) is 0 Å². The molecule has 1 N–H and O–H groups in total. The van der Waals surface area contributed by atoms with Gasteiger partial charge < -0.3 is 9.94 Å². The maximum Gasteiger partial charge on any atom is 0.359 e. The maximum absolute atomic E-state index is 10.3. The van der Waals surface area contributed by atoms with Crippen molar-refractivity contribution in [2.45, 2.75) is 6.92 Å². The topological polar surface area (TPSA) is 76.0 Å². The van der Waals surface area contributed by atoms with Crippen molar-refractivity contribution in [3.63, 3.8) is 0 Å². The molecule has 0 bridgehead atoms. The van der Waals surface area contributed by atoms with Gasteiger partial charge in [-0.15, -0.1) is 0 Å². The van der Waals surface area contributed by atoms with Gasteiger partial charge in [0, 0.05) is 0 Å². The fourth-order valence-electron chi connectivity index (χ4n) is 0.408. The van der Waals surface area contributed by atoms with E-state index in [2.05, 4.69) is 9.99 Å². The van der Waals surface area contributed by atoms with Gasteiger partial charge in [0.25, 0.3) is 0 Å². The van der Waals surface area contributed by atoms with Gasteiger partial charge in [-0.1, -0.05) is 5.16 Å². The fraction of sp³-hybridized carbons (Fsp3) is 0.333. The van der Waals surface area contributed by atoms with Crippen molar-refractivity contribution in [2.75, 3.05) is 7.11 Å². The van der Waals surface area contributed by atoms with Gasteiger partial charge >= 0.3 is 5.97 Å². The van der Waals surface area contributed by atoms with E-state index in [0.717, 1.165) is 0 Å². The Morgan fingerprint density at radius 2 is 2.18 bits per heavy atom. The minimum Gasteiger partial charge on any atom is -0.476 e. The van der Waals surface area contributed by atoms with Crippen LogP contribution in [0.15, 0.2) is 10.7 Å². The lowest BCUT2D eigenvalue weighted by Gasteiger charge is -1.94. The number of carboxylic acid groups (broad SMARTS) is 1. The van der Waals surface area contributed by atoms with Gasteiger partial charge in [0.05, 0.1) is 5.57 Å². The number of oxime groups is 1. The highest BCUT2D eigenvalue weighted by atomic mass is 16.6. The molecule has 0 aromatic rings. The first kappa shape index (κ1) is 9.39. The molecule has 5 heteroatoms. The summed E-state index contributed by atoms with van der Waals surface area (Å²) < 4.78 is 0. The van der Waals surface area contributed by atoms with Crippen LogP contribution in [0.1, 0.15) is 6.92 Å². The zero-order chi connectivity index (χ0) is 8.85. The summed E-state index contributed by atoms with van der Waals surface area (Å²) in [6.45, 7) is 1.29. The van der Waals surface area contributed by atoms with Crippen LogP contribution in [0.25, 0.3) is 0 Å². The Kier molecular flexibility index (Phi) is 3.62. The summed E-state index contributed by atoms with van der Waals surface area (Å²) in [6.07, 6.45) is 0. The molecule has 0 aliphatic rings. The molecule has 0 radical (unpaired) electrons. The number of carbonyl (C=O) groups excluding carboxylic acids is 1. The predicted octanol–water partition coefficient (Wildman–Crippen LogP) is -0.149. The third-order valence-corrected chi connectivity index (χ3v) is 0.893. The first-order chi connectivity index (χ1) is 5.13. The molecule has 0 amide bonds. The van der Waals surface area contributed by atoms with E-state index in [0.29, 0.717) is 0 Å². The zero-order valence-corrected chi connectivity index (χ0v) is 6.12. The summed E-state index contributed by atoms with van der Waals surface area (Å²) in [5.74, 6) is 0.0939. The highest BCUT2D eigenvalue weighted by molar-refractivity contribution is 6.43. The maximum atomic E-state index is 10.3. The van der Waals surface area contributed by atoms with Crippen LogP contribution in [0, 0.1) is 0 Å². The molecule has 0 atom stereocenters. The molecule has 0 aromatic heterocycles. The number of nitrogens with zero attached hydrogens (tertiary/aromatic N) is 1. The van der Waals surface area contributed by atoms with Gasteiger partial charge in [0.2, 0.25) is 5.71 Å². The first-order valence-corrected chi connectivity index (χ1v) is 2.70. The van der Waals surface area contributed by atoms with Crippen molar-refractivity contribution in [2.24, 2.45) is 5.16 Å². The Balaban J connectivity index is 4.77. The van der Waals surface area contributed by atoms with Crippen molar-refractivity contribution in [3.8, 4) is 0 Å². The molecule has 0 spiro atoms. The molecule has 11 heavy (non-hydrogen) atoms. The Morgan fingerprint density at radius 1 is 1.64 bits per heavy atom. The van der Waals surface area contributed by atoms with E-state index in [-0.39, 0.29) is 5.57 Å². The normalized spacial score (nSPS) is 10.2. The number of aliphatic carboxylic acids is 1. The average molecular weight is 157 g/mol. The molecule has 0 saturated heterocycles. The van der Waals surface area contributed by atoms with Gasteiger partial charge in [0.1, 0.15) is 13.1 Å². The van der Waals surface area contributed by atoms with Crippen molar-refractivity contribution >= 4 is 17.6 Å². The van der Waals surface area contributed by atoms with Crippen LogP contribution in [0.5, 0.6) is 0 Å². The molecule has 0 aliphatic carbocycles. The van der Waals surface area contributed by atoms with E-state index in [4.69, 9.17) is 5.11 Å². The molecule has 0 fully saturated rings. The molecule has 5 nitrogen and oxygen atoms in total. The van der Waals surface area contributed by atoms with Gasteiger partial charge in [-0.05, 0) is 6.92 Å². The minimum atomic E-state index is -1.31. The monoisotopic (exact) mass is 157 g/mol. The lowest BCUT2D eigenvalue weighted by atomic mass is 10.2. The first-order valence-electron chi connectivity index (χ1n) is 2.70. The largest absolute Gasteiger partial charge is 0.476 e. The van der Waals surface area contributed by atoms with E-state index < -0.39 is 11.7 Å². The summed E-state index contributed by atoms with van der Waals surface area (Å²) >= 11 is 0. The molecular formula is C6H7NO4. The second-order valence-electron chi connectivity index (χ2n) is 1.65. The summed E-state index contributed by atoms with van der Waals surface area (Å²) in [4.78, 5) is 24.4. The van der Waals surface area contributed by atoms with E-state index >= 15 is 0 Å². The molecule has 0 heterocycles. The number of hydrogen-bond donors (Lipinski definition) is 1. The molecule has 0 unspecified atom stereocenters. The number of hydrogen-bond acceptors (Lipinski definition) is 4. The van der Waals surface area contributed by atoms with Crippen molar-refractivity contribution in [3.05, 3.63) is 5.57 Å². The predicted molar refractivity (Wildman–Crippen MR) is 37.0 cm³/mol. The molecule has 60 valence electrons. The van der Waals surface area contributed by atoms with Gasteiger partial charge in [0.15, 0.2) is 0 Å². The lowest BCUT2D eigenvalue weighted by Crippen LogP contribution is -2.14. The Hall–Kier alpha value is -1.61. The number of rotatable bonds is 3. The van der Waals surface area contributed by atoms with Crippen LogP contribution < -0.4 is 0 Å². The zero-order valence-electron chi connectivity index (χ0n) is 6.12. The smallest absolute Gasteiger partial charge is 0.359 e. The standard InChI is InChI=1S/C6H7NO4/c1-4(3-8)5(6(9)10)7-11-2/h1-2H3,(H,9,10). The lowest BCUT2D eigenvalue weighted by molar-refractivity contribution is -0.129. The summed E-state index contributed by atoms with van der Waals surface area (Å²) in [7, 11) is 1.20. The second-order valence-corrected chi connectivity index (χ2v) is 1.65. The van der Waals surface area contributed by atoms with Crippen LogP contribution in [-0.2, 0) is 14.4 Å². The van der Waals surface area contributed by atoms with Crippen LogP contribution in [0.4, 0.5) is 0 Å². The Labute approximate surface area is 63.0 Å². The number of carbonyl (C=O) groups is 1. The van der Waals surface area contributed by atoms with Gasteiger partial charge in [-0.25, -0.2) is 9.59 Å². The van der Waals surface area contributed by atoms with E-state index in [9.17, 15) is 9.59 Å². The quantitative estimate of drug-likeness (QED) is 0.351. The summed E-state index contributed by atoms with van der Waals surface area (Å²) in [5, 5.41) is 11.5. The third kappa shape index (κ3) is 2.64. The molecule has 0 aromatic carbocycles. The Bertz CT molecular complexity index is 237. The van der Waals surface area contributed by atoms with E-state index in [1.54, 1.807) is 0 Å². The van der Waals surface area contributed by atoms with Crippen molar-refractivity contribution in [1.82, 2.24) is 0 Å². The molecule has 0 rings (SSSR count). The van der Waals surface area contributed by atoms with Crippen LogP contribution in [-0.4, -0.2) is 29.8 Å². The van der Waals surface area contributed by atoms with Crippen LogP contribution >= 0.6 is 0 Å². The van der Waals surface area contributed by atoms with Gasteiger partial charge in [-0.3, -0.25) is 0 Å². The highest BCUT2D eigenvalue weighted by Crippen LogP contribution is 1.92. The summed E-state index contributed by atoms with van der Waals surface area (Å²) in [5.41, 5.74) is -0.526. The minimum absolute atomic E-state index is 0.0978. The SMILES string of the molecule is CON=C(C(=O)O)C(C)=C=O. The van der Waals surface area contributed by atoms with E-state index in [1.165, 1.54) is 20.0 Å². The average Bonchev–Trinajstić information content (AvgIpc) is 1.98. The Morgan fingerprint density at radius 3 is 2.45 bits per heavy atom. The van der Waals surface area contributed by atoms with Crippen molar-refractivity contribution < 1.29 is 19.5 Å². The second kappa shape index (κ2) is 4.24. The fourth-order valence-corrected chi connectivity index (χ4v) is 0.408. The van der Waals surface area contributed by atoms with Crippen LogP contribution in [0.2, 0.25) is 0 Å². The van der Waals surface area contributed by atoms with E-state index in [1.807, 2.05) is 0 Å². The molecule has 0 saturated carbocycles. The summed E-state index contributed by atoms with van der Waals surface area (Å²) in [6, 6.07) is 0.